The van der Waals surface area contributed by atoms with Crippen LogP contribution in [0.2, 0.25) is 0 Å². The van der Waals surface area contributed by atoms with Crippen molar-refractivity contribution in [2.45, 2.75) is 19.8 Å². The van der Waals surface area contributed by atoms with Crippen molar-refractivity contribution in [3.05, 3.63) is 71.3 Å². The summed E-state index contributed by atoms with van der Waals surface area (Å²) < 4.78 is 0. The van der Waals surface area contributed by atoms with E-state index < -0.39 is 11.9 Å². The molecule has 0 aliphatic carbocycles. The molecule has 2 aromatic rings. The molecule has 4 nitrogen and oxygen atoms in total. The molecule has 23 heavy (non-hydrogen) atoms. The maximum absolute atomic E-state index is 12.4. The average Bonchev–Trinajstić information content (AvgIpc) is 2.84. The van der Waals surface area contributed by atoms with Crippen molar-refractivity contribution in [2.24, 2.45) is 0 Å². The first kappa shape index (κ1) is 15.0. The van der Waals surface area contributed by atoms with Crippen LogP contribution in [0.5, 0.6) is 0 Å². The van der Waals surface area contributed by atoms with Gasteiger partial charge in [0.15, 0.2) is 0 Å². The highest BCUT2D eigenvalue weighted by Gasteiger charge is 2.37. The van der Waals surface area contributed by atoms with Gasteiger partial charge in [0, 0.05) is 0 Å². The minimum Gasteiger partial charge on any atom is -0.327 e. The van der Waals surface area contributed by atoms with Crippen LogP contribution in [0.15, 0.2) is 60.2 Å². The second-order valence-electron chi connectivity index (χ2n) is 5.69. The molecule has 116 valence electrons. The summed E-state index contributed by atoms with van der Waals surface area (Å²) in [6.45, 7) is 4.23. The summed E-state index contributed by atoms with van der Waals surface area (Å²) in [4.78, 5) is 29.5. The number of anilines is 1. The van der Waals surface area contributed by atoms with Crippen LogP contribution >= 0.6 is 0 Å². The van der Waals surface area contributed by atoms with Crippen molar-refractivity contribution in [2.75, 3.05) is 5.06 Å². The van der Waals surface area contributed by atoms with E-state index in [0.29, 0.717) is 11.6 Å². The Kier molecular flexibility index (Phi) is 3.98. The summed E-state index contributed by atoms with van der Waals surface area (Å²) in [5, 5.41) is 1.02. The van der Waals surface area contributed by atoms with Gasteiger partial charge in [-0.1, -0.05) is 56.3 Å². The zero-order chi connectivity index (χ0) is 16.4. The second-order valence-corrected chi connectivity index (χ2v) is 5.69. The normalized spacial score (nSPS) is 16.3. The number of nitrogens with zero attached hydrogens (tertiary/aromatic N) is 1. The molecule has 1 heterocycles. The van der Waals surface area contributed by atoms with Gasteiger partial charge in [-0.2, -0.15) is 0 Å². The molecule has 0 spiro atoms. The van der Waals surface area contributed by atoms with Gasteiger partial charge in [-0.25, -0.2) is 4.79 Å². The Morgan fingerprint density at radius 3 is 2.22 bits per heavy atom. The molecule has 0 radical (unpaired) electrons. The summed E-state index contributed by atoms with van der Waals surface area (Å²) >= 11 is 0. The van der Waals surface area contributed by atoms with Crippen LogP contribution in [0.1, 0.15) is 30.9 Å². The molecule has 1 amide bonds. The number of rotatable bonds is 3. The Morgan fingerprint density at radius 2 is 1.61 bits per heavy atom. The fourth-order valence-electron chi connectivity index (χ4n) is 2.37. The van der Waals surface area contributed by atoms with Gasteiger partial charge in [-0.15, -0.1) is 5.06 Å². The quantitative estimate of drug-likeness (QED) is 0.641. The van der Waals surface area contributed by atoms with Crippen molar-refractivity contribution < 1.29 is 14.4 Å². The van der Waals surface area contributed by atoms with Crippen LogP contribution in [0, 0.1) is 0 Å². The van der Waals surface area contributed by atoms with Gasteiger partial charge in [0.05, 0.1) is 5.69 Å². The van der Waals surface area contributed by atoms with Gasteiger partial charge >= 0.3 is 5.97 Å². The third-order valence-corrected chi connectivity index (χ3v) is 3.71. The Balaban J connectivity index is 1.88. The molecule has 0 unspecified atom stereocenters. The van der Waals surface area contributed by atoms with E-state index in [1.807, 2.05) is 30.3 Å². The summed E-state index contributed by atoms with van der Waals surface area (Å²) in [6.07, 6.45) is 1.57. The SMILES string of the molecule is CC(C)c1ccc(C=C2C(=O)ON(c3ccccc3)C2=O)cc1. The van der Waals surface area contributed by atoms with Crippen LogP contribution in [0.25, 0.3) is 6.08 Å². The molecule has 0 bridgehead atoms. The second kappa shape index (κ2) is 6.08. The van der Waals surface area contributed by atoms with Crippen molar-refractivity contribution in [3.8, 4) is 0 Å². The van der Waals surface area contributed by atoms with Gasteiger partial charge in [0.25, 0.3) is 5.91 Å². The number of hydroxylamine groups is 1. The zero-order valence-corrected chi connectivity index (χ0v) is 13.0. The molecule has 1 aliphatic rings. The monoisotopic (exact) mass is 307 g/mol. The first-order chi connectivity index (χ1) is 11.1. The predicted molar refractivity (Wildman–Crippen MR) is 88.5 cm³/mol. The molecule has 1 saturated heterocycles. The molecule has 0 N–H and O–H groups in total. The Labute approximate surface area is 134 Å². The maximum Gasteiger partial charge on any atom is 0.369 e. The van der Waals surface area contributed by atoms with E-state index >= 15 is 0 Å². The third kappa shape index (κ3) is 3.01. The number of hydrogen-bond donors (Lipinski definition) is 0. The lowest BCUT2D eigenvalue weighted by Gasteiger charge is -2.11. The molecule has 2 aromatic carbocycles. The van der Waals surface area contributed by atoms with Crippen LogP contribution in [-0.4, -0.2) is 11.9 Å². The lowest BCUT2D eigenvalue weighted by molar-refractivity contribution is -0.137. The molecular weight excluding hydrogens is 290 g/mol. The number of carbonyl (C=O) groups is 2. The first-order valence-corrected chi connectivity index (χ1v) is 7.49. The van der Waals surface area contributed by atoms with E-state index in [-0.39, 0.29) is 5.57 Å². The van der Waals surface area contributed by atoms with Gasteiger partial charge < -0.3 is 4.84 Å². The Hall–Kier alpha value is -2.88. The van der Waals surface area contributed by atoms with E-state index in [4.69, 9.17) is 4.84 Å². The molecule has 0 atom stereocenters. The summed E-state index contributed by atoms with van der Waals surface area (Å²) in [5.74, 6) is -0.649. The van der Waals surface area contributed by atoms with E-state index in [1.54, 1.807) is 30.3 Å². The predicted octanol–water partition coefficient (Wildman–Crippen LogP) is 3.70. The Morgan fingerprint density at radius 1 is 0.957 bits per heavy atom. The molecule has 0 aromatic heterocycles. The van der Waals surface area contributed by atoms with Crippen molar-refractivity contribution in [3.63, 3.8) is 0 Å². The third-order valence-electron chi connectivity index (χ3n) is 3.71. The molecule has 3 rings (SSSR count). The first-order valence-electron chi connectivity index (χ1n) is 7.49. The fraction of sp³-hybridized carbons (Fsp3) is 0.158. The highest BCUT2D eigenvalue weighted by Crippen LogP contribution is 2.25. The highest BCUT2D eigenvalue weighted by atomic mass is 16.7. The summed E-state index contributed by atoms with van der Waals surface area (Å²) in [6, 6.07) is 16.6. The largest absolute Gasteiger partial charge is 0.369 e. The van der Waals surface area contributed by atoms with Crippen LogP contribution in [0.4, 0.5) is 5.69 Å². The molecule has 1 fully saturated rings. The van der Waals surface area contributed by atoms with E-state index in [0.717, 1.165) is 10.6 Å². The lowest BCUT2D eigenvalue weighted by atomic mass is 10.0. The average molecular weight is 307 g/mol. The van der Waals surface area contributed by atoms with Gasteiger partial charge in [0.1, 0.15) is 5.57 Å². The van der Waals surface area contributed by atoms with E-state index in [2.05, 4.69) is 13.8 Å². The lowest BCUT2D eigenvalue weighted by Crippen LogP contribution is -2.22. The van der Waals surface area contributed by atoms with E-state index in [9.17, 15) is 9.59 Å². The molecular formula is C19H17NO3. The van der Waals surface area contributed by atoms with E-state index in [1.165, 1.54) is 5.56 Å². The summed E-state index contributed by atoms with van der Waals surface area (Å²) in [7, 11) is 0. The number of amides is 1. The number of carbonyl (C=O) groups excluding carboxylic acids is 2. The van der Waals surface area contributed by atoms with Crippen molar-refractivity contribution >= 4 is 23.6 Å². The van der Waals surface area contributed by atoms with Gasteiger partial charge in [-0.05, 0) is 35.3 Å². The van der Waals surface area contributed by atoms with Crippen LogP contribution in [0.3, 0.4) is 0 Å². The van der Waals surface area contributed by atoms with Crippen molar-refractivity contribution in [1.29, 1.82) is 0 Å². The topological polar surface area (TPSA) is 46.6 Å². The molecule has 4 heteroatoms. The highest BCUT2D eigenvalue weighted by molar-refractivity contribution is 6.28. The number of benzene rings is 2. The standard InChI is InChI=1S/C19H17NO3/c1-13(2)15-10-8-14(9-11-15)12-17-18(21)20(23-19(17)22)16-6-4-3-5-7-16/h3-13H,1-2H3. The van der Waals surface area contributed by atoms with Crippen LogP contribution < -0.4 is 5.06 Å². The summed E-state index contributed by atoms with van der Waals surface area (Å²) in [5.41, 5.74) is 2.57. The fourth-order valence-corrected chi connectivity index (χ4v) is 2.37. The van der Waals surface area contributed by atoms with Gasteiger partial charge in [0.2, 0.25) is 0 Å². The number of hydrogen-bond acceptors (Lipinski definition) is 3. The van der Waals surface area contributed by atoms with Crippen LogP contribution in [-0.2, 0) is 14.4 Å². The molecule has 0 saturated carbocycles. The number of para-hydroxylation sites is 1. The van der Waals surface area contributed by atoms with Gasteiger partial charge in [-0.3, -0.25) is 4.79 Å². The van der Waals surface area contributed by atoms with Crippen molar-refractivity contribution in [1.82, 2.24) is 0 Å². The molecule has 1 aliphatic heterocycles. The Bertz CT molecular complexity index is 761. The smallest absolute Gasteiger partial charge is 0.327 e. The minimum atomic E-state index is -0.633. The zero-order valence-electron chi connectivity index (χ0n) is 13.0. The minimum absolute atomic E-state index is 0.0335. The maximum atomic E-state index is 12.4.